The van der Waals surface area contributed by atoms with Crippen molar-refractivity contribution in [2.45, 2.75) is 18.8 Å². The number of aromatic nitrogens is 3. The van der Waals surface area contributed by atoms with E-state index in [0.717, 1.165) is 24.3 Å². The number of amides is 2. The molecule has 5 rings (SSSR count). The van der Waals surface area contributed by atoms with E-state index >= 15 is 0 Å². The van der Waals surface area contributed by atoms with Gasteiger partial charge in [0.2, 0.25) is 0 Å². The molecule has 1 N–H and O–H groups in total. The number of pyridine rings is 1. The van der Waals surface area contributed by atoms with Crippen molar-refractivity contribution in [2.24, 2.45) is 0 Å². The number of piperidine rings is 1. The van der Waals surface area contributed by atoms with Crippen molar-refractivity contribution in [3.05, 3.63) is 82.4 Å². The van der Waals surface area contributed by atoms with Gasteiger partial charge in [-0.1, -0.05) is 18.2 Å². The molecule has 7 nitrogen and oxygen atoms in total. The molecule has 1 atom stereocenters. The number of thiophene rings is 1. The van der Waals surface area contributed by atoms with Gasteiger partial charge in [0.05, 0.1) is 16.8 Å². The van der Waals surface area contributed by atoms with Crippen LogP contribution < -0.4 is 5.32 Å². The molecule has 1 unspecified atom stereocenters. The molecule has 1 fully saturated rings. The van der Waals surface area contributed by atoms with Gasteiger partial charge in [-0.3, -0.25) is 14.0 Å². The Morgan fingerprint density at radius 3 is 2.81 bits per heavy atom. The summed E-state index contributed by atoms with van der Waals surface area (Å²) in [5.74, 6) is 0.697. The van der Waals surface area contributed by atoms with Gasteiger partial charge in [-0.25, -0.2) is 0 Å². The van der Waals surface area contributed by atoms with Crippen LogP contribution >= 0.6 is 11.3 Å². The van der Waals surface area contributed by atoms with Crippen LogP contribution in [0.4, 0.5) is 5.69 Å². The fourth-order valence-corrected chi connectivity index (χ4v) is 4.68. The number of benzene rings is 1. The van der Waals surface area contributed by atoms with E-state index in [9.17, 15) is 9.59 Å². The Bertz CT molecular complexity index is 1230. The van der Waals surface area contributed by atoms with Gasteiger partial charge >= 0.3 is 0 Å². The van der Waals surface area contributed by atoms with Crippen LogP contribution in [0.2, 0.25) is 0 Å². The maximum absolute atomic E-state index is 13.4. The number of rotatable bonds is 4. The minimum absolute atomic E-state index is 0.0836. The van der Waals surface area contributed by atoms with Gasteiger partial charge in [-0.15, -0.1) is 10.2 Å². The molecule has 8 heteroatoms. The number of anilines is 1. The van der Waals surface area contributed by atoms with Crippen LogP contribution in [0.5, 0.6) is 0 Å². The summed E-state index contributed by atoms with van der Waals surface area (Å²) in [5, 5.41) is 15.2. The number of para-hydroxylation sites is 1. The van der Waals surface area contributed by atoms with Gasteiger partial charge in [0, 0.05) is 30.6 Å². The van der Waals surface area contributed by atoms with Crippen molar-refractivity contribution < 1.29 is 9.59 Å². The standard InChI is InChI=1S/C23H21N5O2S/c29-22(17-10-13-31-15-17)24-19-8-2-1-7-18(19)23(30)27-11-5-6-16(14-27)21-26-25-20-9-3-4-12-28(20)21/h1-4,7-10,12-13,15-16H,5-6,11,14H2,(H,24,29). The number of fused-ring (bicyclic) bond motifs is 1. The van der Waals surface area contributed by atoms with E-state index in [4.69, 9.17) is 0 Å². The van der Waals surface area contributed by atoms with E-state index in [1.807, 2.05) is 51.2 Å². The van der Waals surface area contributed by atoms with Gasteiger partial charge < -0.3 is 10.2 Å². The van der Waals surface area contributed by atoms with E-state index < -0.39 is 0 Å². The third kappa shape index (κ3) is 3.82. The number of nitrogens with one attached hydrogen (secondary N) is 1. The van der Waals surface area contributed by atoms with Crippen molar-refractivity contribution in [1.82, 2.24) is 19.5 Å². The normalized spacial score (nSPS) is 16.4. The lowest BCUT2D eigenvalue weighted by Crippen LogP contribution is -2.40. The van der Waals surface area contributed by atoms with E-state index in [-0.39, 0.29) is 17.7 Å². The van der Waals surface area contributed by atoms with Gasteiger partial charge in [-0.2, -0.15) is 11.3 Å². The Labute approximate surface area is 183 Å². The molecular formula is C23H21N5O2S. The molecule has 1 aliphatic rings. The van der Waals surface area contributed by atoms with Gasteiger partial charge in [0.25, 0.3) is 11.8 Å². The lowest BCUT2D eigenvalue weighted by atomic mass is 9.96. The highest BCUT2D eigenvalue weighted by Crippen LogP contribution is 2.28. The highest BCUT2D eigenvalue weighted by Gasteiger charge is 2.29. The maximum Gasteiger partial charge on any atom is 0.256 e. The molecule has 4 aromatic rings. The molecule has 2 amide bonds. The monoisotopic (exact) mass is 431 g/mol. The number of hydrogen-bond acceptors (Lipinski definition) is 5. The van der Waals surface area contributed by atoms with Gasteiger partial charge in [0.15, 0.2) is 5.65 Å². The Kier molecular flexibility index (Phi) is 5.21. The highest BCUT2D eigenvalue weighted by molar-refractivity contribution is 7.08. The second kappa shape index (κ2) is 8.31. The van der Waals surface area contributed by atoms with Crippen LogP contribution in [0.3, 0.4) is 0 Å². The first kappa shape index (κ1) is 19.4. The van der Waals surface area contributed by atoms with Gasteiger partial charge in [-0.05, 0) is 48.6 Å². The minimum atomic E-state index is -0.215. The quantitative estimate of drug-likeness (QED) is 0.528. The fourth-order valence-electron chi connectivity index (χ4n) is 4.05. The predicted octanol–water partition coefficient (Wildman–Crippen LogP) is 4.06. The summed E-state index contributed by atoms with van der Waals surface area (Å²) in [7, 11) is 0. The maximum atomic E-state index is 13.4. The van der Waals surface area contributed by atoms with E-state index in [0.29, 0.717) is 29.9 Å². The Hall–Kier alpha value is -3.52. The third-order valence-electron chi connectivity index (χ3n) is 5.60. The predicted molar refractivity (Wildman–Crippen MR) is 120 cm³/mol. The molecule has 31 heavy (non-hydrogen) atoms. The second-order valence-electron chi connectivity index (χ2n) is 7.59. The van der Waals surface area contributed by atoms with Crippen molar-refractivity contribution in [1.29, 1.82) is 0 Å². The highest BCUT2D eigenvalue weighted by atomic mass is 32.1. The topological polar surface area (TPSA) is 79.6 Å². The van der Waals surface area contributed by atoms with Crippen LogP contribution in [0.15, 0.2) is 65.5 Å². The van der Waals surface area contributed by atoms with Crippen molar-refractivity contribution >= 4 is 34.5 Å². The Morgan fingerprint density at radius 1 is 1.06 bits per heavy atom. The SMILES string of the molecule is O=C(Nc1ccccc1C(=O)N1CCCC(c2nnc3ccccn23)C1)c1ccsc1. The first-order valence-electron chi connectivity index (χ1n) is 10.2. The second-order valence-corrected chi connectivity index (χ2v) is 8.37. The average molecular weight is 432 g/mol. The Morgan fingerprint density at radius 2 is 1.94 bits per heavy atom. The molecule has 4 heterocycles. The molecule has 1 aliphatic heterocycles. The van der Waals surface area contributed by atoms with E-state index in [1.165, 1.54) is 11.3 Å². The van der Waals surface area contributed by atoms with Crippen LogP contribution in [-0.2, 0) is 0 Å². The molecule has 156 valence electrons. The summed E-state index contributed by atoms with van der Waals surface area (Å²) in [6.45, 7) is 1.25. The molecule has 0 bridgehead atoms. The number of likely N-dealkylation sites (tertiary alicyclic amines) is 1. The smallest absolute Gasteiger partial charge is 0.256 e. The molecule has 3 aromatic heterocycles. The summed E-state index contributed by atoms with van der Waals surface area (Å²) in [6.07, 6.45) is 3.80. The summed E-state index contributed by atoms with van der Waals surface area (Å²) in [6, 6.07) is 14.8. The lowest BCUT2D eigenvalue weighted by Gasteiger charge is -2.32. The molecule has 1 saturated heterocycles. The molecular weight excluding hydrogens is 410 g/mol. The first-order chi connectivity index (χ1) is 15.2. The number of hydrogen-bond donors (Lipinski definition) is 1. The van der Waals surface area contributed by atoms with Crippen molar-refractivity contribution in [3.63, 3.8) is 0 Å². The van der Waals surface area contributed by atoms with Crippen LogP contribution in [0.25, 0.3) is 5.65 Å². The molecule has 0 radical (unpaired) electrons. The molecule has 0 spiro atoms. The van der Waals surface area contributed by atoms with Crippen molar-refractivity contribution in [3.8, 4) is 0 Å². The zero-order valence-corrected chi connectivity index (χ0v) is 17.6. The van der Waals surface area contributed by atoms with Gasteiger partial charge in [0.1, 0.15) is 5.82 Å². The summed E-state index contributed by atoms with van der Waals surface area (Å²) in [5.41, 5.74) is 2.42. The van der Waals surface area contributed by atoms with Crippen LogP contribution in [0, 0.1) is 0 Å². The third-order valence-corrected chi connectivity index (χ3v) is 6.29. The number of carbonyl (C=O) groups excluding carboxylic acids is 2. The lowest BCUT2D eigenvalue weighted by molar-refractivity contribution is 0.0705. The number of nitrogens with zero attached hydrogens (tertiary/aromatic N) is 4. The fraction of sp³-hybridized carbons (Fsp3) is 0.217. The molecule has 1 aromatic carbocycles. The average Bonchev–Trinajstić information content (AvgIpc) is 3.49. The van der Waals surface area contributed by atoms with Crippen LogP contribution in [-0.4, -0.2) is 44.4 Å². The zero-order valence-electron chi connectivity index (χ0n) is 16.8. The zero-order chi connectivity index (χ0) is 21.2. The summed E-state index contributed by atoms with van der Waals surface area (Å²) >= 11 is 1.46. The molecule has 0 aliphatic carbocycles. The van der Waals surface area contributed by atoms with Crippen LogP contribution in [0.1, 0.15) is 45.3 Å². The molecule has 0 saturated carbocycles. The first-order valence-corrected chi connectivity index (χ1v) is 11.2. The van der Waals surface area contributed by atoms with E-state index in [1.54, 1.807) is 23.6 Å². The summed E-state index contributed by atoms with van der Waals surface area (Å²) in [4.78, 5) is 27.8. The largest absolute Gasteiger partial charge is 0.338 e. The summed E-state index contributed by atoms with van der Waals surface area (Å²) < 4.78 is 1.99. The number of carbonyl (C=O) groups is 2. The Balaban J connectivity index is 1.37. The van der Waals surface area contributed by atoms with E-state index in [2.05, 4.69) is 15.5 Å². The van der Waals surface area contributed by atoms with Crippen molar-refractivity contribution in [2.75, 3.05) is 18.4 Å². The minimum Gasteiger partial charge on any atom is -0.338 e.